The van der Waals surface area contributed by atoms with E-state index in [0.717, 1.165) is 24.2 Å². The fourth-order valence-corrected chi connectivity index (χ4v) is 2.18. The average molecular weight is 327 g/mol. The average Bonchev–Trinajstić information content (AvgIpc) is 3.41. The summed E-state index contributed by atoms with van der Waals surface area (Å²) in [5, 5.41) is 8.52. The van der Waals surface area contributed by atoms with Crippen LogP contribution in [0.4, 0.5) is 21.5 Å². The maximum atomic E-state index is 12.8. The summed E-state index contributed by atoms with van der Waals surface area (Å²) in [7, 11) is 0. The predicted molar refractivity (Wildman–Crippen MR) is 91.3 cm³/mol. The third kappa shape index (κ3) is 4.55. The summed E-state index contributed by atoms with van der Waals surface area (Å²) in [6.45, 7) is 0.0884. The Morgan fingerprint density at radius 3 is 2.04 bits per heavy atom. The van der Waals surface area contributed by atoms with Crippen molar-refractivity contribution in [3.05, 3.63) is 54.3 Å². The number of amides is 2. The maximum absolute atomic E-state index is 12.8. The lowest BCUT2D eigenvalue weighted by Crippen LogP contribution is -2.21. The van der Waals surface area contributed by atoms with Gasteiger partial charge in [0.15, 0.2) is 0 Å². The van der Waals surface area contributed by atoms with Crippen LogP contribution in [0.1, 0.15) is 12.8 Å². The van der Waals surface area contributed by atoms with E-state index in [9.17, 15) is 14.0 Å². The van der Waals surface area contributed by atoms with Crippen molar-refractivity contribution in [3.63, 3.8) is 0 Å². The first-order valence-corrected chi connectivity index (χ1v) is 7.80. The molecule has 124 valence electrons. The fourth-order valence-electron chi connectivity index (χ4n) is 2.18. The molecule has 1 fully saturated rings. The number of nitrogens with one attached hydrogen (secondary N) is 3. The molecule has 0 atom stereocenters. The molecule has 2 amide bonds. The standard InChI is InChI=1S/C18H18FN3O2/c19-13-3-5-15(6-4-13)21-17(23)11-20-14-7-9-16(10-8-14)22-18(24)12-1-2-12/h3-10,12,20H,1-2,11H2,(H,21,23)(H,22,24). The zero-order valence-electron chi connectivity index (χ0n) is 13.0. The molecule has 2 aromatic carbocycles. The second-order valence-corrected chi connectivity index (χ2v) is 5.75. The van der Waals surface area contributed by atoms with Gasteiger partial charge in [0, 0.05) is 23.0 Å². The minimum Gasteiger partial charge on any atom is -0.376 e. The third-order valence-electron chi connectivity index (χ3n) is 3.68. The number of rotatable bonds is 6. The van der Waals surface area contributed by atoms with Crippen molar-refractivity contribution in [1.29, 1.82) is 0 Å². The molecule has 6 heteroatoms. The molecule has 24 heavy (non-hydrogen) atoms. The highest BCUT2D eigenvalue weighted by Crippen LogP contribution is 2.30. The highest BCUT2D eigenvalue weighted by molar-refractivity contribution is 5.95. The Morgan fingerprint density at radius 2 is 1.42 bits per heavy atom. The van der Waals surface area contributed by atoms with Gasteiger partial charge in [-0.05, 0) is 61.4 Å². The molecule has 1 saturated carbocycles. The lowest BCUT2D eigenvalue weighted by molar-refractivity contribution is -0.117. The topological polar surface area (TPSA) is 70.2 Å². The SMILES string of the molecule is O=C(CNc1ccc(NC(=O)C2CC2)cc1)Nc1ccc(F)cc1. The molecule has 0 spiro atoms. The Bertz CT molecular complexity index is 725. The Balaban J connectivity index is 1.46. The van der Waals surface area contributed by atoms with Crippen molar-refractivity contribution >= 4 is 28.9 Å². The van der Waals surface area contributed by atoms with Gasteiger partial charge in [-0.15, -0.1) is 0 Å². The summed E-state index contributed by atoms with van der Waals surface area (Å²) in [6, 6.07) is 12.8. The lowest BCUT2D eigenvalue weighted by Gasteiger charge is -2.09. The molecular weight excluding hydrogens is 309 g/mol. The van der Waals surface area contributed by atoms with Gasteiger partial charge in [0.1, 0.15) is 5.82 Å². The summed E-state index contributed by atoms with van der Waals surface area (Å²) in [6.07, 6.45) is 1.93. The van der Waals surface area contributed by atoms with E-state index in [1.165, 1.54) is 24.3 Å². The Hall–Kier alpha value is -2.89. The minimum absolute atomic E-state index is 0.0642. The number of halogens is 1. The van der Waals surface area contributed by atoms with Gasteiger partial charge in [0.25, 0.3) is 0 Å². The smallest absolute Gasteiger partial charge is 0.243 e. The first-order valence-electron chi connectivity index (χ1n) is 7.80. The third-order valence-corrected chi connectivity index (χ3v) is 3.68. The van der Waals surface area contributed by atoms with Crippen molar-refractivity contribution in [2.75, 3.05) is 22.5 Å². The van der Waals surface area contributed by atoms with Gasteiger partial charge in [-0.2, -0.15) is 0 Å². The lowest BCUT2D eigenvalue weighted by atomic mass is 10.2. The number of carbonyl (C=O) groups excluding carboxylic acids is 2. The van der Waals surface area contributed by atoms with Crippen LogP contribution in [0.25, 0.3) is 0 Å². The molecular formula is C18H18FN3O2. The van der Waals surface area contributed by atoms with E-state index in [0.29, 0.717) is 5.69 Å². The van der Waals surface area contributed by atoms with Crippen molar-refractivity contribution in [1.82, 2.24) is 0 Å². The number of carbonyl (C=O) groups is 2. The summed E-state index contributed by atoms with van der Waals surface area (Å²) < 4.78 is 12.8. The van der Waals surface area contributed by atoms with Gasteiger partial charge >= 0.3 is 0 Å². The van der Waals surface area contributed by atoms with Crippen LogP contribution in [0, 0.1) is 11.7 Å². The molecule has 0 bridgehead atoms. The van der Waals surface area contributed by atoms with Gasteiger partial charge < -0.3 is 16.0 Å². The van der Waals surface area contributed by atoms with Crippen LogP contribution in [-0.4, -0.2) is 18.4 Å². The molecule has 0 aliphatic heterocycles. The Labute approximate surface area is 139 Å². The summed E-state index contributed by atoms with van der Waals surface area (Å²) in [5.74, 6) is -0.347. The Kier molecular flexibility index (Phi) is 4.74. The van der Waals surface area contributed by atoms with Crippen LogP contribution in [0.3, 0.4) is 0 Å². The molecule has 3 N–H and O–H groups in total. The first kappa shape index (κ1) is 16.0. The van der Waals surface area contributed by atoms with Crippen molar-refractivity contribution in [2.45, 2.75) is 12.8 Å². The number of hydrogen-bond donors (Lipinski definition) is 3. The second-order valence-electron chi connectivity index (χ2n) is 5.75. The van der Waals surface area contributed by atoms with Crippen LogP contribution in [0.15, 0.2) is 48.5 Å². The number of hydrogen-bond acceptors (Lipinski definition) is 3. The van der Waals surface area contributed by atoms with Crippen molar-refractivity contribution < 1.29 is 14.0 Å². The number of benzene rings is 2. The molecule has 3 rings (SSSR count). The maximum Gasteiger partial charge on any atom is 0.243 e. The van der Waals surface area contributed by atoms with E-state index >= 15 is 0 Å². The normalized spacial score (nSPS) is 13.2. The first-order chi connectivity index (χ1) is 11.6. The largest absolute Gasteiger partial charge is 0.376 e. The molecule has 1 aliphatic carbocycles. The summed E-state index contributed by atoms with van der Waals surface area (Å²) in [5.41, 5.74) is 2.06. The predicted octanol–water partition coefficient (Wildman–Crippen LogP) is 3.22. The van der Waals surface area contributed by atoms with E-state index in [-0.39, 0.29) is 30.1 Å². The van der Waals surface area contributed by atoms with Gasteiger partial charge in [-0.3, -0.25) is 9.59 Å². The van der Waals surface area contributed by atoms with Crippen molar-refractivity contribution in [3.8, 4) is 0 Å². The zero-order chi connectivity index (χ0) is 16.9. The van der Waals surface area contributed by atoms with Crippen LogP contribution in [0.2, 0.25) is 0 Å². The molecule has 0 radical (unpaired) electrons. The van der Waals surface area contributed by atoms with E-state index in [2.05, 4.69) is 16.0 Å². The summed E-state index contributed by atoms with van der Waals surface area (Å²) in [4.78, 5) is 23.5. The molecule has 0 aromatic heterocycles. The van der Waals surface area contributed by atoms with Crippen LogP contribution in [0.5, 0.6) is 0 Å². The van der Waals surface area contributed by atoms with Gasteiger partial charge in [0.05, 0.1) is 6.54 Å². The highest BCUT2D eigenvalue weighted by Gasteiger charge is 2.29. The minimum atomic E-state index is -0.347. The van der Waals surface area contributed by atoms with E-state index in [1.807, 2.05) is 0 Å². The van der Waals surface area contributed by atoms with Gasteiger partial charge in [0.2, 0.25) is 11.8 Å². The molecule has 0 saturated heterocycles. The van der Waals surface area contributed by atoms with Crippen LogP contribution < -0.4 is 16.0 Å². The molecule has 5 nitrogen and oxygen atoms in total. The quantitative estimate of drug-likeness (QED) is 0.763. The van der Waals surface area contributed by atoms with E-state index < -0.39 is 0 Å². The zero-order valence-corrected chi connectivity index (χ0v) is 13.0. The van der Waals surface area contributed by atoms with Crippen LogP contribution >= 0.6 is 0 Å². The van der Waals surface area contributed by atoms with E-state index in [4.69, 9.17) is 0 Å². The van der Waals surface area contributed by atoms with Gasteiger partial charge in [-0.25, -0.2) is 4.39 Å². The van der Waals surface area contributed by atoms with E-state index in [1.54, 1.807) is 24.3 Å². The second kappa shape index (κ2) is 7.12. The van der Waals surface area contributed by atoms with Crippen LogP contribution in [-0.2, 0) is 9.59 Å². The molecule has 0 unspecified atom stereocenters. The number of anilines is 3. The van der Waals surface area contributed by atoms with Gasteiger partial charge in [-0.1, -0.05) is 0 Å². The molecule has 0 heterocycles. The molecule has 2 aromatic rings. The molecule has 1 aliphatic rings. The summed E-state index contributed by atoms with van der Waals surface area (Å²) >= 11 is 0. The monoisotopic (exact) mass is 327 g/mol. The van der Waals surface area contributed by atoms with Crippen molar-refractivity contribution in [2.24, 2.45) is 5.92 Å². The fraction of sp³-hybridized carbons (Fsp3) is 0.222. The Morgan fingerprint density at radius 1 is 0.875 bits per heavy atom. The highest BCUT2D eigenvalue weighted by atomic mass is 19.1.